The number of hydrogen-bond donors (Lipinski definition) is 1. The highest BCUT2D eigenvalue weighted by Gasteiger charge is 2.09. The van der Waals surface area contributed by atoms with Gasteiger partial charge in [0, 0.05) is 12.0 Å². The maximum Gasteiger partial charge on any atom is 0.0940 e. The third kappa shape index (κ3) is 1.26. The van der Waals surface area contributed by atoms with Crippen LogP contribution in [0.25, 0.3) is 0 Å². The van der Waals surface area contributed by atoms with Crippen LogP contribution in [0.3, 0.4) is 0 Å². The van der Waals surface area contributed by atoms with Crippen molar-refractivity contribution in [3.8, 4) is 0 Å². The van der Waals surface area contributed by atoms with Crippen LogP contribution < -0.4 is 0 Å². The Labute approximate surface area is 60.6 Å². The van der Waals surface area contributed by atoms with E-state index in [1.54, 1.807) is 0 Å². The molecule has 0 heterocycles. The van der Waals surface area contributed by atoms with Gasteiger partial charge < -0.3 is 5.21 Å². The predicted octanol–water partition coefficient (Wildman–Crippen LogP) is 1.77. The molecule has 1 aliphatic carbocycles. The molecule has 0 amide bonds. The molecular formula is C8H10NO. The van der Waals surface area contributed by atoms with Crippen LogP contribution in [0, 0.1) is 12.0 Å². The predicted molar refractivity (Wildman–Crippen MR) is 40.0 cm³/mol. The van der Waals surface area contributed by atoms with Crippen molar-refractivity contribution < 1.29 is 5.21 Å². The molecule has 0 bridgehead atoms. The smallest absolute Gasteiger partial charge is 0.0940 e. The van der Waals surface area contributed by atoms with Gasteiger partial charge in [0.1, 0.15) is 0 Å². The van der Waals surface area contributed by atoms with Crippen molar-refractivity contribution in [3.05, 3.63) is 23.8 Å². The van der Waals surface area contributed by atoms with Gasteiger partial charge in [-0.05, 0) is 13.0 Å². The summed E-state index contributed by atoms with van der Waals surface area (Å²) < 4.78 is 0. The highest BCUT2D eigenvalue weighted by molar-refractivity contribution is 5.95. The standard InChI is InChI=1S/C8H10NO/c1-6-3-4-8(9-10)7(2)5-6/h3,5,7,10H,1-2H3. The summed E-state index contributed by atoms with van der Waals surface area (Å²) in [6.07, 6.45) is 6.72. The molecule has 0 aromatic rings. The minimum absolute atomic E-state index is 0.190. The fourth-order valence-electron chi connectivity index (χ4n) is 0.961. The Balaban J connectivity index is 2.84. The normalized spacial score (nSPS) is 28.8. The van der Waals surface area contributed by atoms with E-state index in [0.29, 0.717) is 5.71 Å². The van der Waals surface area contributed by atoms with Crippen LogP contribution in [0.5, 0.6) is 0 Å². The molecule has 0 saturated carbocycles. The molecule has 1 aliphatic rings. The Hall–Kier alpha value is -1.05. The monoisotopic (exact) mass is 136 g/mol. The van der Waals surface area contributed by atoms with Gasteiger partial charge in [0.2, 0.25) is 0 Å². The van der Waals surface area contributed by atoms with E-state index in [-0.39, 0.29) is 5.92 Å². The van der Waals surface area contributed by atoms with Crippen LogP contribution in [-0.2, 0) is 0 Å². The van der Waals surface area contributed by atoms with E-state index in [0.717, 1.165) is 0 Å². The van der Waals surface area contributed by atoms with E-state index >= 15 is 0 Å². The van der Waals surface area contributed by atoms with Gasteiger partial charge in [-0.25, -0.2) is 0 Å². The van der Waals surface area contributed by atoms with E-state index in [1.807, 2.05) is 26.0 Å². The van der Waals surface area contributed by atoms with Gasteiger partial charge >= 0.3 is 0 Å². The molecule has 1 unspecified atom stereocenters. The quantitative estimate of drug-likeness (QED) is 0.399. The van der Waals surface area contributed by atoms with E-state index in [2.05, 4.69) is 11.2 Å². The summed E-state index contributed by atoms with van der Waals surface area (Å²) in [6.45, 7) is 3.97. The second kappa shape index (κ2) is 2.69. The Morgan fingerprint density at radius 1 is 1.70 bits per heavy atom. The van der Waals surface area contributed by atoms with Crippen LogP contribution >= 0.6 is 0 Å². The summed E-state index contributed by atoms with van der Waals surface area (Å²) in [4.78, 5) is 0. The van der Waals surface area contributed by atoms with Gasteiger partial charge in [-0.15, -0.1) is 0 Å². The summed E-state index contributed by atoms with van der Waals surface area (Å²) in [5.41, 5.74) is 1.77. The largest absolute Gasteiger partial charge is 0.411 e. The highest BCUT2D eigenvalue weighted by Crippen LogP contribution is 2.12. The molecule has 1 atom stereocenters. The maximum absolute atomic E-state index is 8.42. The van der Waals surface area contributed by atoms with Crippen molar-refractivity contribution in [2.45, 2.75) is 13.8 Å². The first-order valence-electron chi connectivity index (χ1n) is 3.24. The van der Waals surface area contributed by atoms with Crippen LogP contribution in [-0.4, -0.2) is 10.9 Å². The van der Waals surface area contributed by atoms with Crippen LogP contribution in [0.2, 0.25) is 0 Å². The third-order valence-electron chi connectivity index (χ3n) is 1.50. The lowest BCUT2D eigenvalue weighted by Crippen LogP contribution is -2.09. The molecule has 10 heavy (non-hydrogen) atoms. The average Bonchev–Trinajstić information content (AvgIpc) is 1.88. The maximum atomic E-state index is 8.42. The first-order valence-corrected chi connectivity index (χ1v) is 3.24. The molecular weight excluding hydrogens is 126 g/mol. The fourth-order valence-corrected chi connectivity index (χ4v) is 0.961. The zero-order chi connectivity index (χ0) is 7.56. The van der Waals surface area contributed by atoms with Crippen molar-refractivity contribution in [3.63, 3.8) is 0 Å². The molecule has 0 aromatic carbocycles. The topological polar surface area (TPSA) is 32.6 Å². The minimum Gasteiger partial charge on any atom is -0.411 e. The summed E-state index contributed by atoms with van der Waals surface area (Å²) >= 11 is 0. The molecule has 0 saturated heterocycles. The lowest BCUT2D eigenvalue weighted by atomic mass is 9.97. The number of rotatable bonds is 0. The first kappa shape index (κ1) is 7.06. The molecule has 1 N–H and O–H groups in total. The number of hydrogen-bond acceptors (Lipinski definition) is 2. The van der Waals surface area contributed by atoms with Gasteiger partial charge in [0.05, 0.1) is 5.71 Å². The summed E-state index contributed by atoms with van der Waals surface area (Å²) in [5.74, 6) is 0.190. The van der Waals surface area contributed by atoms with E-state index < -0.39 is 0 Å². The molecule has 2 nitrogen and oxygen atoms in total. The van der Waals surface area contributed by atoms with Gasteiger partial charge in [-0.1, -0.05) is 23.7 Å². The lowest BCUT2D eigenvalue weighted by molar-refractivity contribution is 0.317. The summed E-state index contributed by atoms with van der Waals surface area (Å²) in [5, 5.41) is 11.5. The SMILES string of the molecule is CC1=CC(C)C(=NO)[C]=C1. The van der Waals surface area contributed by atoms with Crippen LogP contribution in [0.1, 0.15) is 13.8 Å². The van der Waals surface area contributed by atoms with Crippen molar-refractivity contribution in [2.24, 2.45) is 11.1 Å². The Morgan fingerprint density at radius 2 is 2.40 bits per heavy atom. The molecule has 0 aliphatic heterocycles. The summed E-state index contributed by atoms with van der Waals surface area (Å²) in [6, 6.07) is 0. The molecule has 0 aromatic heterocycles. The van der Waals surface area contributed by atoms with Crippen molar-refractivity contribution in [1.82, 2.24) is 0 Å². The van der Waals surface area contributed by atoms with Crippen molar-refractivity contribution in [2.75, 3.05) is 0 Å². The van der Waals surface area contributed by atoms with E-state index in [4.69, 9.17) is 5.21 Å². The molecule has 53 valence electrons. The number of nitrogens with zero attached hydrogens (tertiary/aromatic N) is 1. The number of allylic oxidation sites excluding steroid dienone is 4. The van der Waals surface area contributed by atoms with Gasteiger partial charge in [-0.3, -0.25) is 0 Å². The van der Waals surface area contributed by atoms with Gasteiger partial charge in [-0.2, -0.15) is 0 Å². The number of oxime groups is 1. The third-order valence-corrected chi connectivity index (χ3v) is 1.50. The first-order chi connectivity index (χ1) is 4.74. The Kier molecular flexibility index (Phi) is 1.90. The van der Waals surface area contributed by atoms with Gasteiger partial charge in [0.25, 0.3) is 0 Å². The van der Waals surface area contributed by atoms with E-state index in [9.17, 15) is 0 Å². The zero-order valence-corrected chi connectivity index (χ0v) is 6.13. The fraction of sp³-hybridized carbons (Fsp3) is 0.375. The van der Waals surface area contributed by atoms with Gasteiger partial charge in [0.15, 0.2) is 0 Å². The zero-order valence-electron chi connectivity index (χ0n) is 6.13. The second-order valence-electron chi connectivity index (χ2n) is 2.47. The second-order valence-corrected chi connectivity index (χ2v) is 2.47. The van der Waals surface area contributed by atoms with E-state index in [1.165, 1.54) is 5.57 Å². The molecule has 1 rings (SSSR count). The Morgan fingerprint density at radius 3 is 2.90 bits per heavy atom. The van der Waals surface area contributed by atoms with Crippen LogP contribution in [0.15, 0.2) is 22.9 Å². The molecule has 0 spiro atoms. The Bertz CT molecular complexity index is 213. The van der Waals surface area contributed by atoms with Crippen molar-refractivity contribution in [1.29, 1.82) is 0 Å². The average molecular weight is 136 g/mol. The molecule has 0 fully saturated rings. The highest BCUT2D eigenvalue weighted by atomic mass is 16.4. The lowest BCUT2D eigenvalue weighted by Gasteiger charge is -2.09. The minimum atomic E-state index is 0.190. The van der Waals surface area contributed by atoms with Crippen LogP contribution in [0.4, 0.5) is 0 Å². The van der Waals surface area contributed by atoms with Crippen molar-refractivity contribution >= 4 is 5.71 Å². The molecule has 1 radical (unpaired) electrons. The molecule has 2 heteroatoms. The summed E-state index contributed by atoms with van der Waals surface area (Å²) in [7, 11) is 0.